The molecule has 0 radical (unpaired) electrons. The molecule has 4 fully saturated rings. The first-order valence-electron chi connectivity index (χ1n) is 39.9. The molecule has 10 aromatic carbocycles. The molecule has 4 spiro atoms. The maximum absolute atomic E-state index is 17.2. The molecule has 0 aromatic heterocycles. The van der Waals surface area contributed by atoms with Gasteiger partial charge in [-0.15, -0.1) is 0 Å². The van der Waals surface area contributed by atoms with Crippen molar-refractivity contribution < 1.29 is 82.0 Å². The summed E-state index contributed by atoms with van der Waals surface area (Å²) in [5, 5.41) is 20.4. The number of carbonyl (C=O) groups excluding carboxylic acids is 4. The van der Waals surface area contributed by atoms with Crippen molar-refractivity contribution in [3.05, 3.63) is 92.1 Å². The highest BCUT2D eigenvalue weighted by molar-refractivity contribution is 7.85. The fraction of sp³-hybridized carbons (Fsp3) is 0.540. The summed E-state index contributed by atoms with van der Waals surface area (Å²) in [6.07, 6.45) is 16.8. The Hall–Kier alpha value is -7.14. The molecule has 0 heterocycles. The molecule has 4 saturated carbocycles. The number of quaternary nitrogens is 4. The van der Waals surface area contributed by atoms with Crippen LogP contribution in [0.15, 0.2) is 42.0 Å². The molecule has 558 valence electrons. The van der Waals surface area contributed by atoms with Crippen molar-refractivity contribution in [1.29, 1.82) is 0 Å². The van der Waals surface area contributed by atoms with Crippen LogP contribution < -0.4 is 0 Å². The number of carbonyl (C=O) groups is 4. The Morgan fingerprint density at radius 1 is 0.486 bits per heavy atom. The van der Waals surface area contributed by atoms with Crippen LogP contribution in [0.4, 0.5) is 0 Å². The minimum atomic E-state index is -4.43. The lowest BCUT2D eigenvalue weighted by molar-refractivity contribution is -0.890. The Balaban J connectivity index is 0.798. The fourth-order valence-corrected chi connectivity index (χ4v) is 29.0. The molecule has 0 N–H and O–H groups in total. The summed E-state index contributed by atoms with van der Waals surface area (Å²) < 4.78 is 101. The molecule has 21 rings (SSSR count). The zero-order valence-corrected chi connectivity index (χ0v) is 65.0. The van der Waals surface area contributed by atoms with Crippen LogP contribution in [0, 0.1) is 22.2 Å². The first-order chi connectivity index (χ1) is 50.8. The summed E-state index contributed by atoms with van der Waals surface area (Å²) in [5.41, 5.74) is 2.30. The summed E-state index contributed by atoms with van der Waals surface area (Å²) in [5.74, 6) is -3.55. The van der Waals surface area contributed by atoms with Crippen LogP contribution in [0.2, 0.25) is 0 Å². The number of hydrogen-bond acceptors (Lipinski definition) is 14. The average Bonchev–Trinajstić information content (AvgIpc) is 1.36. The van der Waals surface area contributed by atoms with Crippen molar-refractivity contribution in [3.8, 4) is 0 Å². The smallest absolute Gasteiger partial charge is 0.325 e. The zero-order valence-electron chi connectivity index (χ0n) is 63.4. The Morgan fingerprint density at radius 2 is 0.972 bits per heavy atom. The fourth-order valence-electron chi connectivity index (χ4n) is 27.6. The van der Waals surface area contributed by atoms with E-state index in [-0.39, 0.29) is 51.4 Å². The number of unbranched alkanes of at least 4 members (excludes halogenated alkanes) is 4. The van der Waals surface area contributed by atoms with E-state index in [1.165, 1.54) is 27.5 Å². The van der Waals surface area contributed by atoms with Gasteiger partial charge in [0.1, 0.15) is 20.2 Å². The van der Waals surface area contributed by atoms with Crippen LogP contribution in [0.3, 0.4) is 0 Å². The predicted molar refractivity (Wildman–Crippen MR) is 412 cm³/mol. The zero-order chi connectivity index (χ0) is 74.4. The molecule has 11 aliphatic rings. The van der Waals surface area contributed by atoms with E-state index in [0.29, 0.717) is 79.8 Å². The van der Waals surface area contributed by atoms with E-state index in [0.717, 1.165) is 192 Å². The quantitative estimate of drug-likeness (QED) is 0.00535. The van der Waals surface area contributed by atoms with Gasteiger partial charge in [0.25, 0.3) is 0 Å². The summed E-state index contributed by atoms with van der Waals surface area (Å²) in [6.45, 7) is 10.0. The van der Waals surface area contributed by atoms with Gasteiger partial charge in [0.05, 0.1) is 152 Å². The third kappa shape index (κ3) is 7.41. The van der Waals surface area contributed by atoms with Crippen molar-refractivity contribution in [3.63, 3.8) is 0 Å². The van der Waals surface area contributed by atoms with E-state index in [1.807, 2.05) is 28.2 Å². The largest absolute Gasteiger partial charge is 0.748 e. The molecule has 0 amide bonds. The Morgan fingerprint density at radius 3 is 1.53 bits per heavy atom. The van der Waals surface area contributed by atoms with Gasteiger partial charge in [-0.2, -0.15) is 0 Å². The van der Waals surface area contributed by atoms with Gasteiger partial charge in [-0.1, -0.05) is 55.8 Å². The third-order valence-electron chi connectivity index (χ3n) is 30.7. The lowest BCUT2D eigenvalue weighted by atomic mass is 9.38. The minimum Gasteiger partial charge on any atom is -0.748 e. The molecular weight excluding hydrogens is 1390 g/mol. The predicted octanol–water partition coefficient (Wildman–Crippen LogP) is 12.0. The summed E-state index contributed by atoms with van der Waals surface area (Å²) in [7, 11) is 7.76. The van der Waals surface area contributed by atoms with Gasteiger partial charge < -0.3 is 46.0 Å². The molecule has 0 aliphatic heterocycles. The lowest BCUT2D eigenvalue weighted by Gasteiger charge is -2.64. The number of hydrogen-bond donors (Lipinski definition) is 0. The van der Waals surface area contributed by atoms with Crippen LogP contribution in [0.1, 0.15) is 153 Å². The van der Waals surface area contributed by atoms with Crippen LogP contribution in [-0.4, -0.2) is 214 Å². The van der Waals surface area contributed by atoms with Gasteiger partial charge in [-0.05, 0) is 255 Å². The van der Waals surface area contributed by atoms with E-state index >= 15 is 19.2 Å². The Labute approximate surface area is 623 Å². The lowest BCUT2D eigenvalue weighted by Crippen LogP contribution is -2.62. The SMILES string of the molecule is CCC[N+](C)(C)CCCCOC(=O)C1(C(=O)OCCCC[N+](C)(C)CCS(=O)(=O)[O-])C23CCc4cc5cc6c7c8c9c%10c%11c%12c%13c(cc%14ccc2c2c%15c%16c%17c(c4C%1613)c5c7c9c%17c%11c%15c%13c%142)C=C1CC2CC8(C=C6)C23C(C(=O)OCCCC[N+](C)(C)CCC)(C(=O)OCCCC[N+](C)(C)CCS(=O)(=O)[O-])C%103C1%12. The molecule has 0 saturated heterocycles. The number of allylic oxidation sites excluding steroid dienone is 2. The first-order valence-corrected chi connectivity index (χ1v) is 43.1. The van der Waals surface area contributed by atoms with Crippen LogP contribution in [0.5, 0.6) is 0 Å². The highest BCUT2D eigenvalue weighted by Crippen LogP contribution is 3.04. The van der Waals surface area contributed by atoms with E-state index in [1.54, 1.807) is 0 Å². The monoisotopic (exact) mass is 1480 g/mol. The molecule has 18 nitrogen and oxygen atoms in total. The molecule has 11 aliphatic carbocycles. The average molecular weight is 1490 g/mol. The Kier molecular flexibility index (Phi) is 13.3. The highest BCUT2D eigenvalue weighted by atomic mass is 32.2. The van der Waals surface area contributed by atoms with Gasteiger partial charge >= 0.3 is 23.9 Å². The van der Waals surface area contributed by atoms with E-state index in [2.05, 4.69) is 90.6 Å². The van der Waals surface area contributed by atoms with Crippen molar-refractivity contribution in [2.24, 2.45) is 22.2 Å². The normalized spacial score (nSPS) is 28.0. The first kappa shape index (κ1) is 67.9. The summed E-state index contributed by atoms with van der Waals surface area (Å²) in [6, 6.07) is 11.7. The van der Waals surface area contributed by atoms with Crippen molar-refractivity contribution in [1.82, 2.24) is 0 Å². The summed E-state index contributed by atoms with van der Waals surface area (Å²) >= 11 is 0. The van der Waals surface area contributed by atoms with Gasteiger partial charge in [0.15, 0.2) is 10.8 Å². The third-order valence-corrected chi connectivity index (χ3v) is 32.1. The molecule has 9 unspecified atom stereocenters. The Bertz CT molecular complexity index is 6070. The van der Waals surface area contributed by atoms with Crippen molar-refractivity contribution >= 4 is 153 Å². The van der Waals surface area contributed by atoms with Gasteiger partial charge in [-0.3, -0.25) is 19.2 Å². The number of benzene rings is 8. The van der Waals surface area contributed by atoms with Crippen LogP contribution in [-0.2, 0) is 86.4 Å². The van der Waals surface area contributed by atoms with Crippen molar-refractivity contribution in [2.45, 2.75) is 131 Å². The molecule has 20 heteroatoms. The maximum atomic E-state index is 17.2. The molecule has 0 bridgehead atoms. The van der Waals surface area contributed by atoms with Crippen LogP contribution >= 0.6 is 0 Å². The van der Waals surface area contributed by atoms with Gasteiger partial charge in [0, 0.05) is 27.6 Å². The number of rotatable bonds is 34. The number of nitrogens with zero attached hydrogens (tertiary/aromatic N) is 4. The molecule has 107 heavy (non-hydrogen) atoms. The number of ether oxygens (including phenoxy) is 4. The standard InChI is InChI=1S/C87H96N4O14S2/c1-11-27-88(3,4)29-13-17-35-102-77(92)85(78(93)103-36-19-15-31-90(7,8)33-39-106(96,97)98)82-26-24-49-43-50-42-48-23-25-81-46-53-45-52-44-51-41-47-21-22-54(82)59-55(47)60-56(51)67-70-63-62(60)68(59)75-69-64(63)65-61(57(50)66(69)72(49)83(75,82)85)58(48)74(81)71(65)76(70)84(73(52)67)86(87(53,81)84,79(94)104-37-18-14-30-89(5,6)28-12-2)80(95)105-38-20-16-32-91(9,10)34-40-107(99,100)101/h21-23,25,41-44,53,73H,11-20,24,26-40,45-46H2,1-10H3/q+2. The second-order valence-electron chi connectivity index (χ2n) is 37.7. The molecular formula is C87H96N4O14S2+2. The molecule has 10 aromatic rings. The highest BCUT2D eigenvalue weighted by Gasteiger charge is 3.08. The summed E-state index contributed by atoms with van der Waals surface area (Å²) in [4.78, 5) is 68.4. The second kappa shape index (κ2) is 20.9. The van der Waals surface area contributed by atoms with E-state index in [9.17, 15) is 25.9 Å². The van der Waals surface area contributed by atoms with Crippen LogP contribution in [0.25, 0.3) is 109 Å². The van der Waals surface area contributed by atoms with Crippen molar-refractivity contribution in [2.75, 3.05) is 147 Å². The van der Waals surface area contributed by atoms with Gasteiger partial charge in [-0.25, -0.2) is 16.8 Å². The maximum Gasteiger partial charge on any atom is 0.325 e. The number of esters is 4. The van der Waals surface area contributed by atoms with E-state index in [4.69, 9.17) is 18.9 Å². The minimum absolute atomic E-state index is 0.0196. The topological polar surface area (TPSA) is 220 Å². The van der Waals surface area contributed by atoms with E-state index < -0.39 is 93.5 Å². The molecule has 9 atom stereocenters. The second-order valence-corrected chi connectivity index (χ2v) is 40.7. The van der Waals surface area contributed by atoms with Gasteiger partial charge in [0.2, 0.25) is 0 Å². The number of aryl methyl sites for hydroxylation is 1.